The van der Waals surface area contributed by atoms with Gasteiger partial charge in [0.15, 0.2) is 0 Å². The van der Waals surface area contributed by atoms with Gasteiger partial charge in [-0.25, -0.2) is 9.37 Å². The predicted octanol–water partition coefficient (Wildman–Crippen LogP) is 3.05. The first-order valence-electron chi connectivity index (χ1n) is 7.23. The lowest BCUT2D eigenvalue weighted by Crippen LogP contribution is -2.40. The van der Waals surface area contributed by atoms with Crippen LogP contribution in [0.2, 0.25) is 0 Å². The number of nitrogens with two attached hydrogens (primary N) is 1. The number of rotatable bonds is 6. The molecule has 1 atom stereocenters. The first-order chi connectivity index (χ1) is 10.5. The van der Waals surface area contributed by atoms with Crippen LogP contribution in [0, 0.1) is 11.7 Å². The number of nitrogens with one attached hydrogen (secondary N) is 1. The van der Waals surface area contributed by atoms with Gasteiger partial charge in [-0.3, -0.25) is 4.79 Å². The van der Waals surface area contributed by atoms with Crippen molar-refractivity contribution in [3.63, 3.8) is 0 Å². The second kappa shape index (κ2) is 7.47. The zero-order valence-electron chi connectivity index (χ0n) is 12.7. The Balaban J connectivity index is 2.11. The number of nitrogens with zero attached hydrogens (tertiary/aromatic N) is 1. The maximum atomic E-state index is 13.7. The molecule has 2 rings (SSSR count). The number of hydrogen-bond donors (Lipinski definition) is 2. The highest BCUT2D eigenvalue weighted by molar-refractivity contribution is 7.16. The van der Waals surface area contributed by atoms with Crippen LogP contribution in [0.15, 0.2) is 30.5 Å². The molecule has 0 aliphatic carbocycles. The quantitative estimate of drug-likeness (QED) is 0.859. The van der Waals surface area contributed by atoms with Crippen LogP contribution in [0.4, 0.5) is 4.39 Å². The molecule has 1 unspecified atom stereocenters. The normalized spacial score (nSPS) is 12.4. The summed E-state index contributed by atoms with van der Waals surface area (Å²) in [4.78, 5) is 16.8. The first kappa shape index (κ1) is 16.6. The van der Waals surface area contributed by atoms with Crippen molar-refractivity contribution in [2.45, 2.75) is 26.3 Å². The minimum Gasteiger partial charge on any atom is -0.347 e. The highest BCUT2D eigenvalue weighted by Gasteiger charge is 2.17. The summed E-state index contributed by atoms with van der Waals surface area (Å²) in [5.74, 6) is -0.107. The maximum Gasteiger partial charge on any atom is 0.263 e. The molecule has 1 aromatic carbocycles. The van der Waals surface area contributed by atoms with Crippen molar-refractivity contribution < 1.29 is 9.18 Å². The second-order valence-electron chi connectivity index (χ2n) is 5.55. The number of hydrogen-bond acceptors (Lipinski definition) is 4. The number of amides is 1. The van der Waals surface area contributed by atoms with Gasteiger partial charge in [0.1, 0.15) is 15.7 Å². The van der Waals surface area contributed by atoms with Gasteiger partial charge >= 0.3 is 0 Å². The fourth-order valence-corrected chi connectivity index (χ4v) is 3.02. The van der Waals surface area contributed by atoms with Crippen molar-refractivity contribution >= 4 is 17.2 Å². The van der Waals surface area contributed by atoms with E-state index in [9.17, 15) is 9.18 Å². The Hall–Kier alpha value is -1.79. The first-order valence-corrected chi connectivity index (χ1v) is 8.04. The molecule has 0 radical (unpaired) electrons. The summed E-state index contributed by atoms with van der Waals surface area (Å²) in [5, 5.41) is 3.40. The van der Waals surface area contributed by atoms with Gasteiger partial charge in [-0.1, -0.05) is 26.0 Å². The molecule has 1 aromatic heterocycles. The molecule has 4 nitrogen and oxygen atoms in total. The molecule has 0 saturated carbocycles. The molecule has 1 amide bonds. The Bertz CT molecular complexity index is 642. The number of halogens is 1. The van der Waals surface area contributed by atoms with Crippen molar-refractivity contribution in [3.05, 3.63) is 41.2 Å². The standard InChI is InChI=1S/C16H20FN3OS/c1-10(2)7-11(8-18)20-15(21)14-9-19-16(22-14)12-5-3-4-6-13(12)17/h3-6,9-11H,7-8,18H2,1-2H3,(H,20,21). The van der Waals surface area contributed by atoms with Gasteiger partial charge in [0.25, 0.3) is 5.91 Å². The van der Waals surface area contributed by atoms with E-state index in [-0.39, 0.29) is 17.8 Å². The van der Waals surface area contributed by atoms with Gasteiger partial charge < -0.3 is 11.1 Å². The zero-order valence-corrected chi connectivity index (χ0v) is 13.5. The van der Waals surface area contributed by atoms with Gasteiger partial charge in [-0.2, -0.15) is 0 Å². The van der Waals surface area contributed by atoms with Crippen molar-refractivity contribution in [1.29, 1.82) is 0 Å². The number of aromatic nitrogens is 1. The van der Waals surface area contributed by atoms with E-state index < -0.39 is 0 Å². The SMILES string of the molecule is CC(C)CC(CN)NC(=O)c1cnc(-c2ccccc2F)s1. The van der Waals surface area contributed by atoms with E-state index in [1.54, 1.807) is 18.2 Å². The number of benzene rings is 1. The lowest BCUT2D eigenvalue weighted by molar-refractivity contribution is 0.0937. The fraction of sp³-hybridized carbons (Fsp3) is 0.375. The van der Waals surface area contributed by atoms with Gasteiger partial charge in [0.2, 0.25) is 0 Å². The molecule has 3 N–H and O–H groups in total. The monoisotopic (exact) mass is 321 g/mol. The topological polar surface area (TPSA) is 68.0 Å². The molecule has 2 aromatic rings. The summed E-state index contributed by atoms with van der Waals surface area (Å²) in [6, 6.07) is 6.33. The van der Waals surface area contributed by atoms with Gasteiger partial charge in [-0.05, 0) is 24.5 Å². The average Bonchev–Trinajstić information content (AvgIpc) is 2.96. The van der Waals surface area contributed by atoms with E-state index >= 15 is 0 Å². The molecule has 0 aliphatic heterocycles. The lowest BCUT2D eigenvalue weighted by Gasteiger charge is -2.18. The van der Waals surface area contributed by atoms with Crippen LogP contribution in [0.5, 0.6) is 0 Å². The van der Waals surface area contributed by atoms with Gasteiger partial charge in [0, 0.05) is 18.2 Å². The van der Waals surface area contributed by atoms with E-state index in [1.165, 1.54) is 23.6 Å². The zero-order chi connectivity index (χ0) is 16.1. The molecule has 118 valence electrons. The minimum atomic E-state index is -0.344. The molecule has 6 heteroatoms. The van der Waals surface area contributed by atoms with Crippen LogP contribution >= 0.6 is 11.3 Å². The predicted molar refractivity (Wildman–Crippen MR) is 87.3 cm³/mol. The summed E-state index contributed by atoms with van der Waals surface area (Å²) >= 11 is 1.18. The van der Waals surface area contributed by atoms with Gasteiger partial charge in [0.05, 0.1) is 6.20 Å². The second-order valence-corrected chi connectivity index (χ2v) is 6.58. The molecule has 0 aliphatic rings. The van der Waals surface area contributed by atoms with Crippen LogP contribution < -0.4 is 11.1 Å². The molecular formula is C16H20FN3OS. The number of thiazole rings is 1. The molecular weight excluding hydrogens is 301 g/mol. The van der Waals surface area contributed by atoms with Gasteiger partial charge in [-0.15, -0.1) is 11.3 Å². The highest BCUT2D eigenvalue weighted by Crippen LogP contribution is 2.27. The van der Waals surface area contributed by atoms with E-state index in [4.69, 9.17) is 5.73 Å². The Morgan fingerprint density at radius 1 is 1.41 bits per heavy atom. The van der Waals surface area contributed by atoms with Crippen LogP contribution in [0.25, 0.3) is 10.6 Å². The van der Waals surface area contributed by atoms with Crippen LogP contribution in [-0.2, 0) is 0 Å². The van der Waals surface area contributed by atoms with E-state index in [0.29, 0.717) is 27.9 Å². The van der Waals surface area contributed by atoms with E-state index in [2.05, 4.69) is 24.1 Å². The van der Waals surface area contributed by atoms with Crippen molar-refractivity contribution in [3.8, 4) is 10.6 Å². The average molecular weight is 321 g/mol. The third-order valence-electron chi connectivity index (χ3n) is 3.21. The van der Waals surface area contributed by atoms with E-state index in [1.807, 2.05) is 0 Å². The van der Waals surface area contributed by atoms with Crippen LogP contribution in [0.1, 0.15) is 29.9 Å². The molecule has 0 spiro atoms. The summed E-state index contributed by atoms with van der Waals surface area (Å²) in [6.45, 7) is 4.55. The summed E-state index contributed by atoms with van der Waals surface area (Å²) in [6.07, 6.45) is 2.30. The van der Waals surface area contributed by atoms with Crippen LogP contribution in [0.3, 0.4) is 0 Å². The highest BCUT2D eigenvalue weighted by atomic mass is 32.1. The Kier molecular flexibility index (Phi) is 5.63. The summed E-state index contributed by atoms with van der Waals surface area (Å²) < 4.78 is 13.7. The van der Waals surface area contributed by atoms with Crippen molar-refractivity contribution in [2.24, 2.45) is 11.7 Å². The third-order valence-corrected chi connectivity index (χ3v) is 4.24. The lowest BCUT2D eigenvalue weighted by atomic mass is 10.0. The van der Waals surface area contributed by atoms with Crippen molar-refractivity contribution in [2.75, 3.05) is 6.54 Å². The Labute approximate surface area is 133 Å². The fourth-order valence-electron chi connectivity index (χ4n) is 2.18. The van der Waals surface area contributed by atoms with E-state index in [0.717, 1.165) is 6.42 Å². The largest absolute Gasteiger partial charge is 0.347 e. The summed E-state index contributed by atoms with van der Waals surface area (Å²) in [7, 11) is 0. The number of carbonyl (C=O) groups excluding carboxylic acids is 1. The minimum absolute atomic E-state index is 0.0634. The Morgan fingerprint density at radius 3 is 2.77 bits per heavy atom. The number of carbonyl (C=O) groups is 1. The molecule has 22 heavy (non-hydrogen) atoms. The molecule has 0 fully saturated rings. The summed E-state index contributed by atoms with van der Waals surface area (Å²) in [5.41, 5.74) is 6.09. The van der Waals surface area contributed by atoms with Crippen molar-refractivity contribution in [1.82, 2.24) is 10.3 Å². The third kappa shape index (κ3) is 4.11. The van der Waals surface area contributed by atoms with Crippen LogP contribution in [-0.4, -0.2) is 23.5 Å². The molecule has 0 bridgehead atoms. The Morgan fingerprint density at radius 2 is 2.14 bits per heavy atom. The molecule has 1 heterocycles. The maximum absolute atomic E-state index is 13.7. The molecule has 0 saturated heterocycles. The smallest absolute Gasteiger partial charge is 0.263 e.